The number of ether oxygens (including phenoxy) is 1. The van der Waals surface area contributed by atoms with Gasteiger partial charge in [-0.2, -0.15) is 0 Å². The van der Waals surface area contributed by atoms with Gasteiger partial charge in [0.25, 0.3) is 0 Å². The van der Waals surface area contributed by atoms with E-state index in [0.717, 1.165) is 52.2 Å². The van der Waals surface area contributed by atoms with Crippen LogP contribution >= 0.6 is 0 Å². The zero-order valence-corrected chi connectivity index (χ0v) is 19.1. The number of hydrogen-bond donors (Lipinski definition) is 1. The van der Waals surface area contributed by atoms with Gasteiger partial charge in [0.2, 0.25) is 0 Å². The minimum Gasteiger partial charge on any atom is -0.478 e. The molecule has 0 fully saturated rings. The molecule has 1 unspecified atom stereocenters. The number of carbonyl (C=O) groups is 2. The van der Waals surface area contributed by atoms with Crippen molar-refractivity contribution in [1.82, 2.24) is 9.55 Å². The van der Waals surface area contributed by atoms with E-state index in [1.54, 1.807) is 29.2 Å². The van der Waals surface area contributed by atoms with Crippen LogP contribution in [0.4, 0.5) is 10.5 Å². The number of benzene rings is 3. The third-order valence-corrected chi connectivity index (χ3v) is 6.44. The van der Waals surface area contributed by atoms with E-state index < -0.39 is 5.97 Å². The number of aromatic nitrogens is 2. The van der Waals surface area contributed by atoms with Crippen molar-refractivity contribution in [2.75, 3.05) is 12.0 Å². The Morgan fingerprint density at radius 2 is 1.79 bits per heavy atom. The predicted octanol–water partition coefficient (Wildman–Crippen LogP) is 5.22. The topological polar surface area (TPSA) is 84.7 Å². The van der Waals surface area contributed by atoms with Crippen LogP contribution < -0.4 is 4.90 Å². The number of rotatable bonds is 4. The number of methoxy groups -OCH3 is 1. The lowest BCUT2D eigenvalue weighted by atomic mass is 9.96. The van der Waals surface area contributed by atoms with Crippen LogP contribution in [0, 0.1) is 0 Å². The zero-order chi connectivity index (χ0) is 23.8. The summed E-state index contributed by atoms with van der Waals surface area (Å²) in [7, 11) is 1.40. The van der Waals surface area contributed by atoms with Crippen molar-refractivity contribution in [3.8, 4) is 5.69 Å². The molecule has 5 rings (SSSR count). The van der Waals surface area contributed by atoms with Crippen LogP contribution in [0.3, 0.4) is 0 Å². The van der Waals surface area contributed by atoms with Gasteiger partial charge >= 0.3 is 12.1 Å². The molecule has 1 aliphatic heterocycles. The first kappa shape index (κ1) is 21.7. The normalized spacial score (nSPS) is 15.2. The van der Waals surface area contributed by atoms with Crippen LogP contribution in [0.1, 0.15) is 40.7 Å². The third-order valence-electron chi connectivity index (χ3n) is 6.44. The molecule has 0 aliphatic carbocycles. The Morgan fingerprint density at radius 1 is 1.06 bits per heavy atom. The molecule has 0 saturated heterocycles. The second-order valence-electron chi connectivity index (χ2n) is 8.54. The number of carbonyl (C=O) groups excluding carboxylic acids is 1. The van der Waals surface area contributed by atoms with Crippen molar-refractivity contribution >= 4 is 28.8 Å². The monoisotopic (exact) mass is 455 g/mol. The number of aryl methyl sites for hydroxylation is 1. The van der Waals surface area contributed by atoms with Gasteiger partial charge < -0.3 is 9.84 Å². The molecule has 1 aromatic heterocycles. The van der Waals surface area contributed by atoms with Crippen LogP contribution in [0.25, 0.3) is 16.7 Å². The zero-order valence-electron chi connectivity index (χ0n) is 19.1. The van der Waals surface area contributed by atoms with Crippen molar-refractivity contribution in [2.24, 2.45) is 0 Å². The Hall–Kier alpha value is -4.13. The molecular weight excluding hydrogens is 430 g/mol. The van der Waals surface area contributed by atoms with E-state index in [2.05, 4.69) is 16.7 Å². The Morgan fingerprint density at radius 3 is 2.47 bits per heavy atom. The van der Waals surface area contributed by atoms with E-state index in [4.69, 9.17) is 9.72 Å². The standard InChI is InChI=1S/C27H25N3O4/c1-17-8-13-21-22(29(17)27(33)34-2)14-15-23-25(21)28-24(16-18-6-4-3-5-7-18)30(23)20-11-9-19(10-12-20)26(31)32/h3-7,9-12,14-15,17H,8,13,16H2,1-2H3,(H,31,32). The molecule has 1 atom stereocenters. The molecule has 1 N–H and O–H groups in total. The summed E-state index contributed by atoms with van der Waals surface area (Å²) in [6, 6.07) is 20.9. The molecule has 2 heterocycles. The molecule has 7 nitrogen and oxygen atoms in total. The van der Waals surface area contributed by atoms with Gasteiger partial charge in [-0.25, -0.2) is 14.6 Å². The first-order valence-corrected chi connectivity index (χ1v) is 11.3. The lowest BCUT2D eigenvalue weighted by Crippen LogP contribution is -2.42. The minimum absolute atomic E-state index is 0.0341. The van der Waals surface area contributed by atoms with E-state index in [1.165, 1.54) is 7.11 Å². The van der Waals surface area contributed by atoms with Gasteiger partial charge in [0.15, 0.2) is 0 Å². The molecule has 1 amide bonds. The molecule has 0 bridgehead atoms. The number of hydrogen-bond acceptors (Lipinski definition) is 4. The molecule has 0 spiro atoms. The molecule has 172 valence electrons. The molecule has 0 radical (unpaired) electrons. The molecule has 1 aliphatic rings. The third kappa shape index (κ3) is 3.69. The van der Waals surface area contributed by atoms with Crippen LogP contribution in [0.15, 0.2) is 66.7 Å². The maximum absolute atomic E-state index is 12.5. The number of amides is 1. The highest BCUT2D eigenvalue weighted by Gasteiger charge is 2.31. The van der Waals surface area contributed by atoms with Gasteiger partial charge in [0.1, 0.15) is 5.82 Å². The second kappa shape index (κ2) is 8.67. The van der Waals surface area contributed by atoms with Crippen molar-refractivity contribution in [3.63, 3.8) is 0 Å². The van der Waals surface area contributed by atoms with Crippen molar-refractivity contribution in [1.29, 1.82) is 0 Å². The van der Waals surface area contributed by atoms with E-state index in [0.29, 0.717) is 6.42 Å². The van der Waals surface area contributed by atoms with Crippen LogP contribution in [-0.4, -0.2) is 39.9 Å². The molecular formula is C27H25N3O4. The van der Waals surface area contributed by atoms with Crippen LogP contribution in [0.5, 0.6) is 0 Å². The summed E-state index contributed by atoms with van der Waals surface area (Å²) in [5, 5.41) is 9.31. The number of fused-ring (bicyclic) bond motifs is 3. The Balaban J connectivity index is 1.71. The van der Waals surface area contributed by atoms with E-state index in [-0.39, 0.29) is 17.7 Å². The maximum Gasteiger partial charge on any atom is 0.414 e. The summed E-state index contributed by atoms with van der Waals surface area (Å²) in [5.41, 5.74) is 5.83. The van der Waals surface area contributed by atoms with E-state index in [1.807, 2.05) is 37.3 Å². The fourth-order valence-corrected chi connectivity index (χ4v) is 4.74. The molecule has 7 heteroatoms. The summed E-state index contributed by atoms with van der Waals surface area (Å²) in [6.07, 6.45) is 1.86. The smallest absolute Gasteiger partial charge is 0.414 e. The first-order chi connectivity index (χ1) is 16.5. The lowest BCUT2D eigenvalue weighted by molar-refractivity contribution is 0.0697. The summed E-state index contributed by atoms with van der Waals surface area (Å²) in [4.78, 5) is 30.7. The van der Waals surface area contributed by atoms with Gasteiger partial charge in [0, 0.05) is 23.7 Å². The van der Waals surface area contributed by atoms with Gasteiger partial charge in [-0.3, -0.25) is 9.47 Å². The predicted molar refractivity (Wildman–Crippen MR) is 130 cm³/mol. The Labute approximate surface area is 197 Å². The van der Waals surface area contributed by atoms with Gasteiger partial charge in [-0.1, -0.05) is 30.3 Å². The molecule has 34 heavy (non-hydrogen) atoms. The average molecular weight is 456 g/mol. The van der Waals surface area contributed by atoms with Crippen LogP contribution in [-0.2, 0) is 17.6 Å². The lowest BCUT2D eigenvalue weighted by Gasteiger charge is -2.34. The summed E-state index contributed by atoms with van der Waals surface area (Å²) in [6.45, 7) is 2.02. The summed E-state index contributed by atoms with van der Waals surface area (Å²) < 4.78 is 7.13. The number of carboxylic acid groups (broad SMARTS) is 1. The first-order valence-electron chi connectivity index (χ1n) is 11.3. The summed E-state index contributed by atoms with van der Waals surface area (Å²) >= 11 is 0. The SMILES string of the molecule is COC(=O)N1c2ccc3c(nc(Cc4ccccc4)n3-c3ccc(C(=O)O)cc3)c2CCC1C. The fraction of sp³-hybridized carbons (Fsp3) is 0.222. The number of carboxylic acids is 1. The van der Waals surface area contributed by atoms with Crippen molar-refractivity contribution in [2.45, 2.75) is 32.2 Å². The molecule has 0 saturated carbocycles. The number of imidazole rings is 1. The molecule has 3 aromatic carbocycles. The summed E-state index contributed by atoms with van der Waals surface area (Å²) in [5.74, 6) is -0.112. The highest BCUT2D eigenvalue weighted by molar-refractivity contribution is 5.96. The van der Waals surface area contributed by atoms with Gasteiger partial charge in [-0.15, -0.1) is 0 Å². The van der Waals surface area contributed by atoms with E-state index >= 15 is 0 Å². The second-order valence-corrected chi connectivity index (χ2v) is 8.54. The highest BCUT2D eigenvalue weighted by atomic mass is 16.5. The van der Waals surface area contributed by atoms with Gasteiger partial charge in [0.05, 0.1) is 29.4 Å². The number of anilines is 1. The number of aromatic carboxylic acids is 1. The quantitative estimate of drug-likeness (QED) is 0.456. The van der Waals surface area contributed by atoms with Gasteiger partial charge in [-0.05, 0) is 61.7 Å². The average Bonchev–Trinajstić information content (AvgIpc) is 3.22. The maximum atomic E-state index is 12.5. The Kier molecular flexibility index (Phi) is 5.53. The minimum atomic E-state index is -0.961. The number of nitrogens with zero attached hydrogens (tertiary/aromatic N) is 3. The van der Waals surface area contributed by atoms with E-state index in [9.17, 15) is 14.7 Å². The van der Waals surface area contributed by atoms with Crippen molar-refractivity contribution in [3.05, 3.63) is 89.2 Å². The van der Waals surface area contributed by atoms with Crippen molar-refractivity contribution < 1.29 is 19.4 Å². The van der Waals surface area contributed by atoms with Crippen LogP contribution in [0.2, 0.25) is 0 Å². The Bertz CT molecular complexity index is 1380. The fourth-order valence-electron chi connectivity index (χ4n) is 4.74. The highest BCUT2D eigenvalue weighted by Crippen LogP contribution is 2.37. The molecule has 4 aromatic rings. The largest absolute Gasteiger partial charge is 0.478 e.